The summed E-state index contributed by atoms with van der Waals surface area (Å²) in [7, 11) is 0. The molecule has 0 nitrogen and oxygen atoms in total. The second-order valence-electron chi connectivity index (χ2n) is 12.0. The van der Waals surface area contributed by atoms with Crippen LogP contribution in [0.3, 0.4) is 0 Å². The molecule has 0 bridgehead atoms. The van der Waals surface area contributed by atoms with Crippen LogP contribution in [0.2, 0.25) is 0 Å². The zero-order valence-electron chi connectivity index (χ0n) is 25.3. The quantitative estimate of drug-likeness (QED) is 0.177. The van der Waals surface area contributed by atoms with Crippen molar-refractivity contribution in [1.29, 1.82) is 0 Å². The van der Waals surface area contributed by atoms with Crippen molar-refractivity contribution in [2.75, 3.05) is 0 Å². The van der Waals surface area contributed by atoms with Crippen LogP contribution in [0.5, 0.6) is 0 Å². The molecule has 0 amide bonds. The van der Waals surface area contributed by atoms with Crippen LogP contribution in [0.25, 0.3) is 77.7 Å². The van der Waals surface area contributed by atoms with Crippen molar-refractivity contribution in [2.45, 2.75) is 0 Å². The fraction of sp³-hybridized carbons (Fsp3) is 0. The van der Waals surface area contributed by atoms with Crippen molar-refractivity contribution >= 4 is 33.2 Å². The second-order valence-corrected chi connectivity index (χ2v) is 12.0. The number of fused-ring (bicyclic) bond motifs is 4. The SMILES string of the molecule is C(=C(c1ccccc1)c1ccccc1)c1ccc2c3c(cccc13)-c1c-2c(-c2ccccc2)c2ccccc2c1-c1ccccc1. The van der Waals surface area contributed by atoms with Gasteiger partial charge in [0.05, 0.1) is 0 Å². The summed E-state index contributed by atoms with van der Waals surface area (Å²) in [6.07, 6.45) is 2.38. The smallest absolute Gasteiger partial charge is 0.000741 e. The Labute approximate surface area is 269 Å². The average molecular weight is 583 g/mol. The first-order valence-electron chi connectivity index (χ1n) is 16.0. The first kappa shape index (κ1) is 26.4. The third-order valence-electron chi connectivity index (χ3n) is 9.42. The van der Waals surface area contributed by atoms with Crippen LogP contribution >= 0.6 is 0 Å². The molecule has 1 aliphatic rings. The number of benzene rings is 8. The molecule has 0 saturated carbocycles. The molecule has 0 fully saturated rings. The standard InChI is InChI=1S/C46H30/c1-5-16-31(17-6-1)41(32-18-7-2-8-19-32)30-35-28-29-40-44-36(35)26-15-27-39(44)45-42(33-20-9-3-10-21-33)37-24-13-14-25-38(37)43(46(40)45)34-22-11-4-12-23-34/h1-30H. The molecule has 0 heterocycles. The summed E-state index contributed by atoms with van der Waals surface area (Å²) >= 11 is 0. The second kappa shape index (κ2) is 10.9. The number of hydrogen-bond acceptors (Lipinski definition) is 0. The Balaban J connectivity index is 1.39. The molecule has 0 radical (unpaired) electrons. The molecule has 0 spiro atoms. The van der Waals surface area contributed by atoms with E-state index in [-0.39, 0.29) is 0 Å². The lowest BCUT2D eigenvalue weighted by Gasteiger charge is -2.20. The lowest BCUT2D eigenvalue weighted by atomic mass is 9.82. The molecule has 8 aromatic carbocycles. The lowest BCUT2D eigenvalue weighted by molar-refractivity contribution is 1.56. The first-order chi connectivity index (χ1) is 22.9. The van der Waals surface area contributed by atoms with E-state index in [1.165, 1.54) is 88.3 Å². The van der Waals surface area contributed by atoms with E-state index in [2.05, 4.69) is 182 Å². The molecule has 1 aliphatic carbocycles. The van der Waals surface area contributed by atoms with E-state index < -0.39 is 0 Å². The molecule has 0 aromatic heterocycles. The van der Waals surface area contributed by atoms with Crippen molar-refractivity contribution in [2.24, 2.45) is 0 Å². The molecule has 0 heteroatoms. The van der Waals surface area contributed by atoms with Gasteiger partial charge in [-0.25, -0.2) is 0 Å². The Morgan fingerprint density at radius 2 is 0.761 bits per heavy atom. The fourth-order valence-electron chi connectivity index (χ4n) is 7.48. The summed E-state index contributed by atoms with van der Waals surface area (Å²) in [5.41, 5.74) is 15.2. The predicted molar refractivity (Wildman–Crippen MR) is 197 cm³/mol. The monoisotopic (exact) mass is 582 g/mol. The van der Waals surface area contributed by atoms with Gasteiger partial charge in [0, 0.05) is 0 Å². The number of hydrogen-bond donors (Lipinski definition) is 0. The molecular formula is C46H30. The highest BCUT2D eigenvalue weighted by atomic mass is 14.3. The third kappa shape index (κ3) is 4.15. The molecular weight excluding hydrogens is 553 g/mol. The van der Waals surface area contributed by atoms with Crippen LogP contribution in [0, 0.1) is 0 Å². The molecule has 214 valence electrons. The average Bonchev–Trinajstić information content (AvgIpc) is 3.46. The van der Waals surface area contributed by atoms with Gasteiger partial charge >= 0.3 is 0 Å². The van der Waals surface area contributed by atoms with Gasteiger partial charge in [-0.05, 0) is 94.4 Å². The molecule has 0 unspecified atom stereocenters. The summed E-state index contributed by atoms with van der Waals surface area (Å²) < 4.78 is 0. The van der Waals surface area contributed by atoms with Crippen molar-refractivity contribution < 1.29 is 0 Å². The van der Waals surface area contributed by atoms with Gasteiger partial charge in [0.2, 0.25) is 0 Å². The van der Waals surface area contributed by atoms with Gasteiger partial charge in [-0.15, -0.1) is 0 Å². The summed E-state index contributed by atoms with van der Waals surface area (Å²) in [5.74, 6) is 0. The van der Waals surface area contributed by atoms with Gasteiger partial charge in [-0.2, -0.15) is 0 Å². The maximum absolute atomic E-state index is 2.38. The van der Waals surface area contributed by atoms with E-state index in [4.69, 9.17) is 0 Å². The van der Waals surface area contributed by atoms with Crippen LogP contribution in [0.15, 0.2) is 176 Å². The molecule has 0 saturated heterocycles. The molecule has 9 rings (SSSR count). The van der Waals surface area contributed by atoms with Crippen LogP contribution in [0.4, 0.5) is 0 Å². The van der Waals surface area contributed by atoms with E-state index in [1.807, 2.05) is 0 Å². The van der Waals surface area contributed by atoms with Crippen molar-refractivity contribution in [1.82, 2.24) is 0 Å². The van der Waals surface area contributed by atoms with Gasteiger partial charge < -0.3 is 0 Å². The van der Waals surface area contributed by atoms with Crippen LogP contribution < -0.4 is 0 Å². The Bertz CT molecular complexity index is 2280. The topological polar surface area (TPSA) is 0 Å². The van der Waals surface area contributed by atoms with Gasteiger partial charge in [0.1, 0.15) is 0 Å². The van der Waals surface area contributed by atoms with Gasteiger partial charge in [-0.1, -0.05) is 176 Å². The number of rotatable bonds is 5. The Morgan fingerprint density at radius 1 is 0.326 bits per heavy atom. The third-order valence-corrected chi connectivity index (χ3v) is 9.42. The van der Waals surface area contributed by atoms with Crippen molar-refractivity contribution in [3.8, 4) is 44.5 Å². The van der Waals surface area contributed by atoms with E-state index >= 15 is 0 Å². The lowest BCUT2D eigenvalue weighted by Crippen LogP contribution is -1.93. The largest absolute Gasteiger partial charge is 0.0622 e. The highest BCUT2D eigenvalue weighted by Gasteiger charge is 2.30. The first-order valence-corrected chi connectivity index (χ1v) is 16.0. The Kier molecular flexibility index (Phi) is 6.25. The fourth-order valence-corrected chi connectivity index (χ4v) is 7.48. The van der Waals surface area contributed by atoms with Crippen LogP contribution in [-0.4, -0.2) is 0 Å². The summed E-state index contributed by atoms with van der Waals surface area (Å²) in [6.45, 7) is 0. The van der Waals surface area contributed by atoms with Gasteiger partial charge in [0.25, 0.3) is 0 Å². The van der Waals surface area contributed by atoms with Crippen LogP contribution in [0.1, 0.15) is 16.7 Å². The highest BCUT2D eigenvalue weighted by molar-refractivity contribution is 6.28. The van der Waals surface area contributed by atoms with E-state index in [1.54, 1.807) is 0 Å². The van der Waals surface area contributed by atoms with Crippen molar-refractivity contribution in [3.05, 3.63) is 193 Å². The summed E-state index contributed by atoms with van der Waals surface area (Å²) in [6, 6.07) is 63.9. The van der Waals surface area contributed by atoms with Crippen LogP contribution in [-0.2, 0) is 0 Å². The van der Waals surface area contributed by atoms with E-state index in [9.17, 15) is 0 Å². The highest BCUT2D eigenvalue weighted by Crippen LogP contribution is 2.58. The molecule has 46 heavy (non-hydrogen) atoms. The minimum Gasteiger partial charge on any atom is -0.0622 e. The zero-order chi connectivity index (χ0) is 30.5. The van der Waals surface area contributed by atoms with Crippen molar-refractivity contribution in [3.63, 3.8) is 0 Å². The summed E-state index contributed by atoms with van der Waals surface area (Å²) in [5, 5.41) is 5.17. The Hall–Kier alpha value is -5.98. The normalized spacial score (nSPS) is 11.5. The van der Waals surface area contributed by atoms with E-state index in [0.29, 0.717) is 0 Å². The van der Waals surface area contributed by atoms with E-state index in [0.717, 1.165) is 0 Å². The molecule has 8 aromatic rings. The van der Waals surface area contributed by atoms with Gasteiger partial charge in [0.15, 0.2) is 0 Å². The Morgan fingerprint density at radius 3 is 1.28 bits per heavy atom. The summed E-state index contributed by atoms with van der Waals surface area (Å²) in [4.78, 5) is 0. The zero-order valence-corrected chi connectivity index (χ0v) is 25.3. The van der Waals surface area contributed by atoms with Gasteiger partial charge in [-0.3, -0.25) is 0 Å². The maximum atomic E-state index is 2.38. The predicted octanol–water partition coefficient (Wildman–Crippen LogP) is 12.6. The molecule has 0 aliphatic heterocycles. The minimum atomic E-state index is 1.21. The molecule has 0 N–H and O–H groups in total. The molecule has 0 atom stereocenters. The minimum absolute atomic E-state index is 1.21. The maximum Gasteiger partial charge on any atom is -0.000741 e.